The second kappa shape index (κ2) is 11.6. The van der Waals surface area contributed by atoms with Crippen LogP contribution in [0.2, 0.25) is 0 Å². The summed E-state index contributed by atoms with van der Waals surface area (Å²) in [7, 11) is 3.78. The van der Waals surface area contributed by atoms with Crippen LogP contribution in [0, 0.1) is 22.7 Å². The fourth-order valence-electron chi connectivity index (χ4n) is 2.85. The smallest absolute Gasteiger partial charge is 0.320 e. The molecule has 0 N–H and O–H groups in total. The van der Waals surface area contributed by atoms with Gasteiger partial charge in [0.25, 0.3) is 0 Å². The van der Waals surface area contributed by atoms with E-state index >= 15 is 0 Å². The van der Waals surface area contributed by atoms with E-state index in [0.717, 1.165) is 19.3 Å². The number of hydrogen-bond donors (Lipinski definition) is 0. The molecule has 0 aromatic heterocycles. The number of carbonyl (C=O) groups is 3. The Kier molecular flexibility index (Phi) is 10.6. The quantitative estimate of drug-likeness (QED) is 0.304. The Balaban J connectivity index is 5.39. The summed E-state index contributed by atoms with van der Waals surface area (Å²) < 4.78 is 14.6. The summed E-state index contributed by atoms with van der Waals surface area (Å²) in [5.74, 6) is -2.93. The van der Waals surface area contributed by atoms with E-state index < -0.39 is 29.1 Å². The summed E-state index contributed by atoms with van der Waals surface area (Å²) in [5.41, 5.74) is -1.62. The van der Waals surface area contributed by atoms with Gasteiger partial charge in [-0.1, -0.05) is 19.3 Å². The minimum Gasteiger partial charge on any atom is -0.469 e. The van der Waals surface area contributed by atoms with Crippen LogP contribution < -0.4 is 0 Å². The molecule has 136 valence electrons. The van der Waals surface area contributed by atoms with E-state index in [1.54, 1.807) is 0 Å². The molecule has 0 aliphatic carbocycles. The maximum atomic E-state index is 12.4. The van der Waals surface area contributed by atoms with Gasteiger partial charge >= 0.3 is 11.9 Å². The first-order valence-electron chi connectivity index (χ1n) is 7.95. The predicted molar refractivity (Wildman–Crippen MR) is 85.8 cm³/mol. The van der Waals surface area contributed by atoms with E-state index in [2.05, 4.69) is 6.07 Å². The zero-order chi connectivity index (χ0) is 18.6. The van der Waals surface area contributed by atoms with Crippen molar-refractivity contribution in [3.05, 3.63) is 0 Å². The second-order valence-corrected chi connectivity index (χ2v) is 5.62. The fourth-order valence-corrected chi connectivity index (χ4v) is 2.85. The lowest BCUT2D eigenvalue weighted by molar-refractivity contribution is -0.174. The van der Waals surface area contributed by atoms with Crippen molar-refractivity contribution in [1.29, 1.82) is 5.26 Å². The summed E-state index contributed by atoms with van der Waals surface area (Å²) in [5, 5.41) is 8.53. The summed E-state index contributed by atoms with van der Waals surface area (Å²) in [4.78, 5) is 36.9. The van der Waals surface area contributed by atoms with Gasteiger partial charge in [0.15, 0.2) is 0 Å². The summed E-state index contributed by atoms with van der Waals surface area (Å²) in [6.45, 7) is 1.16. The Morgan fingerprint density at radius 3 is 2.12 bits per heavy atom. The Hall–Kier alpha value is -1.94. The number of carbonyl (C=O) groups excluding carboxylic acids is 3. The molecule has 0 aliphatic rings. The molecule has 0 aromatic carbocycles. The number of unbranched alkanes of at least 4 members (excludes halogenated alkanes) is 4. The van der Waals surface area contributed by atoms with Gasteiger partial charge < -0.3 is 14.2 Å². The molecule has 0 aromatic rings. The topological polar surface area (TPSA) is 103 Å². The normalized spacial score (nSPS) is 14.1. The van der Waals surface area contributed by atoms with E-state index in [0.29, 0.717) is 12.8 Å². The van der Waals surface area contributed by atoms with E-state index in [9.17, 15) is 14.4 Å². The van der Waals surface area contributed by atoms with Crippen molar-refractivity contribution in [2.45, 2.75) is 45.4 Å². The van der Waals surface area contributed by atoms with Crippen LogP contribution in [-0.2, 0) is 28.6 Å². The highest BCUT2D eigenvalue weighted by Gasteiger charge is 2.54. The van der Waals surface area contributed by atoms with Gasteiger partial charge in [0.1, 0.15) is 17.1 Å². The molecule has 7 heteroatoms. The van der Waals surface area contributed by atoms with Crippen molar-refractivity contribution in [2.24, 2.45) is 11.3 Å². The van der Waals surface area contributed by atoms with Crippen molar-refractivity contribution in [3.8, 4) is 6.07 Å². The lowest BCUT2D eigenvalue weighted by Crippen LogP contribution is -2.50. The van der Waals surface area contributed by atoms with Crippen LogP contribution in [0.1, 0.15) is 45.4 Å². The van der Waals surface area contributed by atoms with Crippen LogP contribution in [0.5, 0.6) is 0 Å². The molecule has 2 unspecified atom stereocenters. The average Bonchev–Trinajstić information content (AvgIpc) is 2.58. The number of nitriles is 1. The molecule has 0 amide bonds. The third-order valence-corrected chi connectivity index (χ3v) is 4.20. The van der Waals surface area contributed by atoms with Gasteiger partial charge in [-0.2, -0.15) is 5.26 Å². The largest absolute Gasteiger partial charge is 0.469 e. The number of esters is 2. The van der Waals surface area contributed by atoms with Crippen molar-refractivity contribution < 1.29 is 28.6 Å². The third-order valence-electron chi connectivity index (χ3n) is 4.20. The lowest BCUT2D eigenvalue weighted by atomic mass is 9.69. The lowest BCUT2D eigenvalue weighted by Gasteiger charge is -2.34. The number of Topliss-reactive ketones (excluding diaryl/α,β-unsaturated/α-hetero) is 1. The molecule has 0 heterocycles. The van der Waals surface area contributed by atoms with Gasteiger partial charge in [-0.25, -0.2) is 0 Å². The minimum atomic E-state index is -1.62. The van der Waals surface area contributed by atoms with Crippen LogP contribution in [0.4, 0.5) is 0 Å². The van der Waals surface area contributed by atoms with Crippen molar-refractivity contribution in [2.75, 3.05) is 27.9 Å². The Morgan fingerprint density at radius 1 is 1.04 bits per heavy atom. The highest BCUT2D eigenvalue weighted by molar-refractivity contribution is 6.06. The predicted octanol–water partition coefficient (Wildman–Crippen LogP) is 2.03. The first kappa shape index (κ1) is 22.1. The number of hydrogen-bond acceptors (Lipinski definition) is 7. The molecular formula is C17H27NO6. The highest BCUT2D eigenvalue weighted by Crippen LogP contribution is 2.38. The molecule has 0 fully saturated rings. The molecule has 0 radical (unpaired) electrons. The molecule has 24 heavy (non-hydrogen) atoms. The van der Waals surface area contributed by atoms with Crippen LogP contribution in [0.3, 0.4) is 0 Å². The Morgan fingerprint density at radius 2 is 1.67 bits per heavy atom. The fraction of sp³-hybridized carbons (Fsp3) is 0.765. The van der Waals surface area contributed by atoms with E-state index in [1.165, 1.54) is 28.3 Å². The first-order valence-corrected chi connectivity index (χ1v) is 7.95. The van der Waals surface area contributed by atoms with Crippen LogP contribution >= 0.6 is 0 Å². The van der Waals surface area contributed by atoms with Crippen molar-refractivity contribution in [3.63, 3.8) is 0 Å². The van der Waals surface area contributed by atoms with E-state index in [4.69, 9.17) is 19.5 Å². The average molecular weight is 341 g/mol. The zero-order valence-electron chi connectivity index (χ0n) is 14.9. The molecule has 0 saturated heterocycles. The highest BCUT2D eigenvalue weighted by atomic mass is 16.5. The molecule has 7 nitrogen and oxygen atoms in total. The second-order valence-electron chi connectivity index (χ2n) is 5.62. The summed E-state index contributed by atoms with van der Waals surface area (Å²) >= 11 is 0. The molecular weight excluding hydrogens is 314 g/mol. The monoisotopic (exact) mass is 341 g/mol. The standard InChI is InChI=1S/C17H27NO6/c1-13(19)17(16(21)24-4,10-8-6-5-7-9-11-18)14(12-22-2)15(20)23-3/h14H,5-10,12H2,1-4H3. The molecule has 0 spiro atoms. The SMILES string of the molecule is COCC(C(=O)OC)C(CCCCCCC#N)(C(C)=O)C(=O)OC. The van der Waals surface area contributed by atoms with Crippen LogP contribution in [-0.4, -0.2) is 45.7 Å². The van der Waals surface area contributed by atoms with Gasteiger partial charge in [-0.3, -0.25) is 14.4 Å². The number of ketones is 1. The molecule has 0 aliphatic heterocycles. The van der Waals surface area contributed by atoms with Gasteiger partial charge in [-0.15, -0.1) is 0 Å². The maximum Gasteiger partial charge on any atom is 0.320 e. The third kappa shape index (κ3) is 5.60. The summed E-state index contributed by atoms with van der Waals surface area (Å²) in [6, 6.07) is 2.07. The van der Waals surface area contributed by atoms with Crippen molar-refractivity contribution >= 4 is 17.7 Å². The molecule has 2 atom stereocenters. The number of rotatable bonds is 12. The van der Waals surface area contributed by atoms with Gasteiger partial charge in [0, 0.05) is 13.5 Å². The Labute approximate surface area is 143 Å². The zero-order valence-corrected chi connectivity index (χ0v) is 14.9. The number of ether oxygens (including phenoxy) is 3. The number of nitrogens with zero attached hydrogens (tertiary/aromatic N) is 1. The Bertz CT molecular complexity index is 470. The van der Waals surface area contributed by atoms with Gasteiger partial charge in [0.05, 0.1) is 26.9 Å². The maximum absolute atomic E-state index is 12.4. The first-order chi connectivity index (χ1) is 11.4. The summed E-state index contributed by atoms with van der Waals surface area (Å²) in [6.07, 6.45) is 3.52. The minimum absolute atomic E-state index is 0.115. The van der Waals surface area contributed by atoms with E-state index in [1.807, 2.05) is 0 Å². The van der Waals surface area contributed by atoms with E-state index in [-0.39, 0.29) is 13.0 Å². The van der Waals surface area contributed by atoms with Gasteiger partial charge in [0.2, 0.25) is 0 Å². The van der Waals surface area contributed by atoms with Crippen molar-refractivity contribution in [1.82, 2.24) is 0 Å². The molecule has 0 rings (SSSR count). The van der Waals surface area contributed by atoms with Gasteiger partial charge in [-0.05, 0) is 19.8 Å². The van der Waals surface area contributed by atoms with Crippen LogP contribution in [0.15, 0.2) is 0 Å². The molecule has 0 bridgehead atoms. The van der Waals surface area contributed by atoms with Crippen LogP contribution in [0.25, 0.3) is 0 Å². The molecule has 0 saturated carbocycles. The number of methoxy groups -OCH3 is 3.